The molecule has 0 radical (unpaired) electrons. The van der Waals surface area contributed by atoms with Gasteiger partial charge in [-0.2, -0.15) is 5.10 Å². The number of nitrogens with one attached hydrogen (secondary N) is 1. The minimum absolute atomic E-state index is 0.233. The molecule has 0 spiro atoms. The Bertz CT molecular complexity index is 706. The summed E-state index contributed by atoms with van der Waals surface area (Å²) in [4.78, 5) is 16.6. The van der Waals surface area contributed by atoms with Gasteiger partial charge in [-0.15, -0.1) is 0 Å². The summed E-state index contributed by atoms with van der Waals surface area (Å²) < 4.78 is 18.3. The molecule has 1 N–H and O–H groups in total. The maximum Gasteiger partial charge on any atom is 0.273 e. The topological polar surface area (TPSA) is 91.4 Å². The van der Waals surface area contributed by atoms with Crippen molar-refractivity contribution in [3.8, 4) is 5.75 Å². The summed E-state index contributed by atoms with van der Waals surface area (Å²) in [6.07, 6.45) is 6.74. The Morgan fingerprint density at radius 3 is 3.04 bits per heavy atom. The first-order valence-electron chi connectivity index (χ1n) is 7.68. The van der Waals surface area contributed by atoms with Crippen molar-refractivity contribution < 1.29 is 18.7 Å². The standard InChI is InChI=1S/C15H18N4O4/c1-19-5-10(4-16-19)23-13-8-21-6-11(13)17-14(20)12-7-22-15(18-12)9-2-3-9/h4-5,7,9,11,13H,2-3,6,8H2,1H3,(H,17,20)/t11-,13+/m0/s1. The maximum atomic E-state index is 12.3. The van der Waals surface area contributed by atoms with Crippen LogP contribution in [0.3, 0.4) is 0 Å². The zero-order valence-electron chi connectivity index (χ0n) is 12.8. The zero-order valence-corrected chi connectivity index (χ0v) is 12.8. The molecule has 3 heterocycles. The number of carbonyl (C=O) groups is 1. The van der Waals surface area contributed by atoms with E-state index in [-0.39, 0.29) is 18.1 Å². The van der Waals surface area contributed by atoms with E-state index in [1.807, 2.05) is 7.05 Å². The van der Waals surface area contributed by atoms with E-state index in [0.29, 0.717) is 36.5 Å². The van der Waals surface area contributed by atoms with Gasteiger partial charge in [0.2, 0.25) is 0 Å². The molecule has 8 heteroatoms. The van der Waals surface area contributed by atoms with Gasteiger partial charge in [-0.25, -0.2) is 4.98 Å². The van der Waals surface area contributed by atoms with Gasteiger partial charge in [0.25, 0.3) is 5.91 Å². The van der Waals surface area contributed by atoms with Crippen LogP contribution < -0.4 is 10.1 Å². The van der Waals surface area contributed by atoms with Crippen molar-refractivity contribution in [1.29, 1.82) is 0 Å². The third-order valence-corrected chi connectivity index (χ3v) is 3.99. The van der Waals surface area contributed by atoms with Crippen LogP contribution in [0.2, 0.25) is 0 Å². The Labute approximate surface area is 132 Å². The molecule has 2 aromatic heterocycles. The SMILES string of the molecule is Cn1cc(O[C@@H]2COC[C@@H]2NC(=O)c2coc(C3CC3)n2)cn1. The Hall–Kier alpha value is -2.35. The van der Waals surface area contributed by atoms with Gasteiger partial charge in [0.1, 0.15) is 12.4 Å². The quantitative estimate of drug-likeness (QED) is 0.879. The molecular formula is C15H18N4O4. The summed E-state index contributed by atoms with van der Waals surface area (Å²) in [7, 11) is 1.82. The number of aromatic nitrogens is 3. The number of aryl methyl sites for hydroxylation is 1. The van der Waals surface area contributed by atoms with E-state index in [9.17, 15) is 4.79 Å². The van der Waals surface area contributed by atoms with Crippen molar-refractivity contribution in [2.45, 2.75) is 30.9 Å². The first-order chi connectivity index (χ1) is 11.2. The number of nitrogens with zero attached hydrogens (tertiary/aromatic N) is 3. The Balaban J connectivity index is 1.38. The summed E-state index contributed by atoms with van der Waals surface area (Å²) in [5.74, 6) is 1.42. The van der Waals surface area contributed by atoms with E-state index in [1.165, 1.54) is 6.26 Å². The summed E-state index contributed by atoms with van der Waals surface area (Å²) in [6, 6.07) is -0.233. The lowest BCUT2D eigenvalue weighted by Crippen LogP contribution is -2.45. The predicted molar refractivity (Wildman–Crippen MR) is 78.2 cm³/mol. The molecule has 2 fully saturated rings. The van der Waals surface area contributed by atoms with Gasteiger partial charge >= 0.3 is 0 Å². The average molecular weight is 318 g/mol. The lowest BCUT2D eigenvalue weighted by Gasteiger charge is -2.19. The molecule has 1 saturated heterocycles. The molecular weight excluding hydrogens is 300 g/mol. The van der Waals surface area contributed by atoms with Crippen LogP contribution in [0.4, 0.5) is 0 Å². The van der Waals surface area contributed by atoms with Gasteiger partial charge < -0.3 is 19.2 Å². The highest BCUT2D eigenvalue weighted by atomic mass is 16.5. The van der Waals surface area contributed by atoms with Crippen molar-refractivity contribution in [2.75, 3.05) is 13.2 Å². The molecule has 1 saturated carbocycles. The molecule has 1 aliphatic carbocycles. The lowest BCUT2D eigenvalue weighted by atomic mass is 10.2. The van der Waals surface area contributed by atoms with Crippen molar-refractivity contribution >= 4 is 5.91 Å². The number of ether oxygens (including phenoxy) is 2. The van der Waals surface area contributed by atoms with Crippen molar-refractivity contribution in [1.82, 2.24) is 20.1 Å². The smallest absolute Gasteiger partial charge is 0.273 e. The van der Waals surface area contributed by atoms with Crippen LogP contribution in [0, 0.1) is 0 Å². The van der Waals surface area contributed by atoms with Crippen LogP contribution in [0.15, 0.2) is 23.1 Å². The highest BCUT2D eigenvalue weighted by Gasteiger charge is 2.33. The fraction of sp³-hybridized carbons (Fsp3) is 0.533. The van der Waals surface area contributed by atoms with E-state index < -0.39 is 0 Å². The maximum absolute atomic E-state index is 12.3. The Morgan fingerprint density at radius 1 is 1.43 bits per heavy atom. The van der Waals surface area contributed by atoms with E-state index >= 15 is 0 Å². The van der Waals surface area contributed by atoms with Gasteiger partial charge in [-0.3, -0.25) is 9.48 Å². The lowest BCUT2D eigenvalue weighted by molar-refractivity contribution is 0.0899. The van der Waals surface area contributed by atoms with Gasteiger partial charge in [0.05, 0.1) is 31.6 Å². The van der Waals surface area contributed by atoms with E-state index in [4.69, 9.17) is 13.9 Å². The monoisotopic (exact) mass is 318 g/mol. The third kappa shape index (κ3) is 3.07. The fourth-order valence-electron chi connectivity index (χ4n) is 2.57. The minimum atomic E-state index is -0.268. The first kappa shape index (κ1) is 14.3. The molecule has 1 amide bonds. The van der Waals surface area contributed by atoms with Crippen LogP contribution in [-0.2, 0) is 11.8 Å². The van der Waals surface area contributed by atoms with Gasteiger partial charge in [-0.05, 0) is 12.8 Å². The second kappa shape index (κ2) is 5.69. The third-order valence-electron chi connectivity index (χ3n) is 3.99. The fourth-order valence-corrected chi connectivity index (χ4v) is 2.57. The molecule has 0 bridgehead atoms. The minimum Gasteiger partial charge on any atom is -0.482 e. The van der Waals surface area contributed by atoms with Crippen LogP contribution in [0.5, 0.6) is 5.75 Å². The number of oxazole rings is 1. The molecule has 0 aromatic carbocycles. The molecule has 2 aliphatic rings. The molecule has 8 nitrogen and oxygen atoms in total. The number of hydrogen-bond acceptors (Lipinski definition) is 6. The summed E-state index contributed by atoms with van der Waals surface area (Å²) in [6.45, 7) is 0.829. The van der Waals surface area contributed by atoms with Crippen LogP contribution in [0.1, 0.15) is 35.1 Å². The molecule has 1 aliphatic heterocycles. The predicted octanol–water partition coefficient (Wildman–Crippen LogP) is 0.862. The van der Waals surface area contributed by atoms with Gasteiger partial charge in [-0.1, -0.05) is 0 Å². The zero-order chi connectivity index (χ0) is 15.8. The number of hydrogen-bond donors (Lipinski definition) is 1. The molecule has 2 atom stereocenters. The summed E-state index contributed by atoms with van der Waals surface area (Å²) in [5, 5.41) is 6.96. The van der Waals surface area contributed by atoms with Crippen molar-refractivity contribution in [2.24, 2.45) is 7.05 Å². The molecule has 122 valence electrons. The number of carbonyl (C=O) groups excluding carboxylic acids is 1. The number of amides is 1. The van der Waals surface area contributed by atoms with E-state index in [1.54, 1.807) is 17.1 Å². The van der Waals surface area contributed by atoms with Crippen molar-refractivity contribution in [3.63, 3.8) is 0 Å². The van der Waals surface area contributed by atoms with Gasteiger partial charge in [0, 0.05) is 13.0 Å². The Morgan fingerprint density at radius 2 is 2.30 bits per heavy atom. The molecule has 0 unspecified atom stereocenters. The molecule has 2 aromatic rings. The average Bonchev–Trinajstić information content (AvgIpc) is 2.94. The van der Waals surface area contributed by atoms with E-state index in [2.05, 4.69) is 15.4 Å². The summed E-state index contributed by atoms with van der Waals surface area (Å²) in [5.41, 5.74) is 0.305. The molecule has 4 rings (SSSR count). The first-order valence-corrected chi connectivity index (χ1v) is 7.68. The van der Waals surface area contributed by atoms with Crippen LogP contribution in [0.25, 0.3) is 0 Å². The normalized spacial score (nSPS) is 23.9. The molecule has 23 heavy (non-hydrogen) atoms. The van der Waals surface area contributed by atoms with Crippen LogP contribution in [-0.4, -0.2) is 46.0 Å². The Kier molecular flexibility index (Phi) is 3.53. The van der Waals surface area contributed by atoms with E-state index in [0.717, 1.165) is 12.8 Å². The number of rotatable bonds is 5. The van der Waals surface area contributed by atoms with Gasteiger partial charge in [0.15, 0.2) is 17.3 Å². The van der Waals surface area contributed by atoms with Crippen molar-refractivity contribution in [3.05, 3.63) is 30.2 Å². The largest absolute Gasteiger partial charge is 0.482 e. The second-order valence-corrected chi connectivity index (χ2v) is 5.97. The highest BCUT2D eigenvalue weighted by molar-refractivity contribution is 5.92. The highest BCUT2D eigenvalue weighted by Crippen LogP contribution is 2.39. The summed E-state index contributed by atoms with van der Waals surface area (Å²) >= 11 is 0. The second-order valence-electron chi connectivity index (χ2n) is 5.97. The van der Waals surface area contributed by atoms with Crippen LogP contribution >= 0.6 is 0 Å².